The van der Waals surface area contributed by atoms with Crippen molar-refractivity contribution in [3.05, 3.63) is 101 Å². The first-order chi connectivity index (χ1) is 23.3. The minimum absolute atomic E-state index is 0.00615. The molecule has 2 N–H and O–H groups in total. The molecule has 3 fully saturated rings. The number of phenolic OH excluding ortho intramolecular Hbond substituents is 1. The van der Waals surface area contributed by atoms with Crippen LogP contribution in [0.2, 0.25) is 0 Å². The molecule has 3 aliphatic heterocycles. The fourth-order valence-electron chi connectivity index (χ4n) is 7.11. The van der Waals surface area contributed by atoms with Gasteiger partial charge in [0.1, 0.15) is 18.0 Å². The molecule has 3 aromatic rings. The molecule has 0 saturated carbocycles. The van der Waals surface area contributed by atoms with Crippen LogP contribution in [0.3, 0.4) is 0 Å². The van der Waals surface area contributed by atoms with Gasteiger partial charge in [-0.15, -0.1) is 0 Å². The Kier molecular flexibility index (Phi) is 10.6. The second-order valence-corrected chi connectivity index (χ2v) is 12.9. The lowest BCUT2D eigenvalue weighted by Crippen LogP contribution is -2.76. The number of hydrogen-bond acceptors (Lipinski definition) is 7. The van der Waals surface area contributed by atoms with Gasteiger partial charge in [-0.3, -0.25) is 14.5 Å². The van der Waals surface area contributed by atoms with Gasteiger partial charge in [0.25, 0.3) is 0 Å². The zero-order chi connectivity index (χ0) is 33.6. The maximum absolute atomic E-state index is 14.3. The second-order valence-electron chi connectivity index (χ2n) is 12.9. The Morgan fingerprint density at radius 3 is 2.38 bits per heavy atom. The zero-order valence-electron chi connectivity index (χ0n) is 27.8. The summed E-state index contributed by atoms with van der Waals surface area (Å²) in [6.07, 6.45) is 1.60. The van der Waals surface area contributed by atoms with E-state index in [1.165, 1.54) is 5.56 Å². The van der Waals surface area contributed by atoms with Gasteiger partial charge in [0, 0.05) is 51.9 Å². The van der Waals surface area contributed by atoms with Gasteiger partial charge in [-0.1, -0.05) is 73.7 Å². The number of benzene rings is 3. The number of likely N-dealkylation sites (N-methyl/N-ethyl adjacent to an activating group) is 1. The van der Waals surface area contributed by atoms with Crippen molar-refractivity contribution >= 4 is 17.8 Å². The van der Waals surface area contributed by atoms with Crippen LogP contribution in [0.25, 0.3) is 0 Å². The number of ether oxygens (including phenoxy) is 1. The SMILES string of the molecule is CCN1CC(=O)N2[C@@H](Cc3ccc(O)cc3)C(=O)N(Cc3cccc(CN(C)C4CCOCC4)c3)C[C@@H]2N1C(=O)NCc1ccccc1. The van der Waals surface area contributed by atoms with Crippen molar-refractivity contribution in [2.24, 2.45) is 0 Å². The molecule has 254 valence electrons. The lowest BCUT2D eigenvalue weighted by molar-refractivity contribution is -0.190. The number of carbonyl (C=O) groups is 3. The molecule has 0 aliphatic carbocycles. The van der Waals surface area contributed by atoms with Crippen molar-refractivity contribution < 1.29 is 24.2 Å². The summed E-state index contributed by atoms with van der Waals surface area (Å²) in [6.45, 7) is 5.60. The molecule has 6 rings (SSSR count). The van der Waals surface area contributed by atoms with Crippen LogP contribution in [0.5, 0.6) is 5.75 Å². The number of nitrogens with one attached hydrogen (secondary N) is 1. The molecule has 0 aromatic heterocycles. The summed E-state index contributed by atoms with van der Waals surface area (Å²) in [4.78, 5) is 47.8. The number of phenols is 1. The quantitative estimate of drug-likeness (QED) is 0.344. The van der Waals surface area contributed by atoms with Crippen LogP contribution in [-0.4, -0.2) is 106 Å². The average Bonchev–Trinajstić information content (AvgIpc) is 3.10. The number of carbonyl (C=O) groups excluding carboxylic acids is 3. The Morgan fingerprint density at radius 2 is 1.65 bits per heavy atom. The first-order valence-corrected chi connectivity index (χ1v) is 16.9. The van der Waals surface area contributed by atoms with E-state index in [0.29, 0.717) is 25.7 Å². The normalized spacial score (nSPS) is 20.7. The first-order valence-electron chi connectivity index (χ1n) is 16.9. The highest BCUT2D eigenvalue weighted by Gasteiger charge is 2.51. The Bertz CT molecular complexity index is 1560. The van der Waals surface area contributed by atoms with Crippen molar-refractivity contribution in [1.82, 2.24) is 30.0 Å². The smallest absolute Gasteiger partial charge is 0.334 e. The van der Waals surface area contributed by atoms with Crippen LogP contribution >= 0.6 is 0 Å². The first kappa shape index (κ1) is 33.5. The van der Waals surface area contributed by atoms with Crippen LogP contribution in [0.1, 0.15) is 42.0 Å². The number of amides is 4. The van der Waals surface area contributed by atoms with E-state index in [2.05, 4.69) is 29.4 Å². The highest BCUT2D eigenvalue weighted by atomic mass is 16.5. The number of hydrogen-bond donors (Lipinski definition) is 2. The highest BCUT2D eigenvalue weighted by Crippen LogP contribution is 2.30. The summed E-state index contributed by atoms with van der Waals surface area (Å²) in [5.74, 6) is -0.222. The summed E-state index contributed by atoms with van der Waals surface area (Å²) in [5, 5.41) is 16.3. The largest absolute Gasteiger partial charge is 0.508 e. The Morgan fingerprint density at radius 1 is 0.938 bits per heavy atom. The minimum Gasteiger partial charge on any atom is -0.508 e. The number of fused-ring (bicyclic) bond motifs is 1. The lowest BCUT2D eigenvalue weighted by Gasteiger charge is -2.55. The van der Waals surface area contributed by atoms with E-state index < -0.39 is 12.2 Å². The van der Waals surface area contributed by atoms with Crippen molar-refractivity contribution in [1.29, 1.82) is 0 Å². The van der Waals surface area contributed by atoms with Gasteiger partial charge in [-0.05, 0) is 54.3 Å². The molecule has 11 heteroatoms. The predicted octanol–water partition coefficient (Wildman–Crippen LogP) is 3.57. The molecule has 3 aliphatic rings. The molecule has 11 nitrogen and oxygen atoms in total. The molecule has 48 heavy (non-hydrogen) atoms. The number of urea groups is 1. The van der Waals surface area contributed by atoms with Crippen LogP contribution in [-0.2, 0) is 40.4 Å². The minimum atomic E-state index is -0.813. The van der Waals surface area contributed by atoms with Gasteiger partial charge in [0.05, 0.1) is 13.1 Å². The van der Waals surface area contributed by atoms with E-state index in [0.717, 1.165) is 49.3 Å². The van der Waals surface area contributed by atoms with Crippen LogP contribution in [0, 0.1) is 0 Å². The van der Waals surface area contributed by atoms with E-state index in [-0.39, 0.29) is 43.1 Å². The summed E-state index contributed by atoms with van der Waals surface area (Å²) in [7, 11) is 2.15. The van der Waals surface area contributed by atoms with Crippen molar-refractivity contribution in [3.63, 3.8) is 0 Å². The molecule has 2 atom stereocenters. The molecule has 3 aromatic carbocycles. The van der Waals surface area contributed by atoms with Crippen LogP contribution in [0.4, 0.5) is 4.79 Å². The van der Waals surface area contributed by atoms with Gasteiger partial charge in [0.15, 0.2) is 0 Å². The highest BCUT2D eigenvalue weighted by molar-refractivity contribution is 5.91. The van der Waals surface area contributed by atoms with Gasteiger partial charge in [-0.2, -0.15) is 0 Å². The van der Waals surface area contributed by atoms with Crippen LogP contribution < -0.4 is 5.32 Å². The van der Waals surface area contributed by atoms with Crippen molar-refractivity contribution in [3.8, 4) is 5.75 Å². The molecule has 3 heterocycles. The summed E-state index contributed by atoms with van der Waals surface area (Å²) >= 11 is 0. The van der Waals surface area contributed by atoms with E-state index in [1.807, 2.05) is 49.4 Å². The van der Waals surface area contributed by atoms with E-state index in [4.69, 9.17) is 4.74 Å². The zero-order valence-corrected chi connectivity index (χ0v) is 27.8. The maximum Gasteiger partial charge on any atom is 0.334 e. The fourth-order valence-corrected chi connectivity index (χ4v) is 7.11. The number of rotatable bonds is 10. The van der Waals surface area contributed by atoms with Gasteiger partial charge < -0.3 is 25.0 Å². The maximum atomic E-state index is 14.3. The van der Waals surface area contributed by atoms with Crippen molar-refractivity contribution in [2.75, 3.05) is 39.9 Å². The molecular weight excluding hydrogens is 608 g/mol. The lowest BCUT2D eigenvalue weighted by atomic mass is 9.98. The molecule has 0 unspecified atom stereocenters. The molecule has 0 spiro atoms. The molecular formula is C37H46N6O5. The predicted molar refractivity (Wildman–Crippen MR) is 181 cm³/mol. The van der Waals surface area contributed by atoms with E-state index in [1.54, 1.807) is 44.1 Å². The number of nitrogens with zero attached hydrogens (tertiary/aromatic N) is 5. The van der Waals surface area contributed by atoms with Crippen molar-refractivity contribution in [2.45, 2.75) is 64.1 Å². The third kappa shape index (κ3) is 7.64. The van der Waals surface area contributed by atoms with Gasteiger partial charge >= 0.3 is 6.03 Å². The summed E-state index contributed by atoms with van der Waals surface area (Å²) in [5.41, 5.74) is 3.94. The van der Waals surface area contributed by atoms with E-state index >= 15 is 0 Å². The Balaban J connectivity index is 1.27. The third-order valence-electron chi connectivity index (χ3n) is 9.67. The number of piperazine rings is 1. The average molecular weight is 655 g/mol. The number of aromatic hydroxyl groups is 1. The summed E-state index contributed by atoms with van der Waals surface area (Å²) < 4.78 is 5.55. The standard InChI is InChI=1S/C37H46N6O5/c1-3-41-26-35(45)42-33(21-27-12-14-32(44)15-13-27)36(46)40(25-34(42)43(41)37(47)38-22-28-8-5-4-6-9-28)24-30-11-7-10-29(20-30)23-39(2)31-16-18-48-19-17-31/h4-15,20,31,33-34,44H,3,16-19,21-26H2,1-2H3,(H,38,47)/t33-,34-/m0/s1. The molecule has 0 bridgehead atoms. The summed E-state index contributed by atoms with van der Waals surface area (Å²) in [6, 6.07) is 24.1. The molecule has 3 saturated heterocycles. The van der Waals surface area contributed by atoms with E-state index in [9.17, 15) is 19.5 Å². The molecule has 0 radical (unpaired) electrons. The van der Waals surface area contributed by atoms with Crippen LogP contribution in [0.15, 0.2) is 78.9 Å². The third-order valence-corrected chi connectivity index (χ3v) is 9.67. The fraction of sp³-hybridized carbons (Fsp3) is 0.432. The Labute approximate surface area is 282 Å². The monoisotopic (exact) mass is 654 g/mol. The Hall–Kier alpha value is -4.45. The van der Waals surface area contributed by atoms with Gasteiger partial charge in [-0.25, -0.2) is 14.8 Å². The molecule has 4 amide bonds. The second kappa shape index (κ2) is 15.2. The number of hydrazine groups is 1. The van der Waals surface area contributed by atoms with Gasteiger partial charge in [0.2, 0.25) is 11.8 Å². The topological polar surface area (TPSA) is 109 Å².